The third-order valence-corrected chi connectivity index (χ3v) is 4.43. The summed E-state index contributed by atoms with van der Waals surface area (Å²) in [5.41, 5.74) is 4.40. The van der Waals surface area contributed by atoms with Gasteiger partial charge in [0, 0.05) is 6.20 Å². The van der Waals surface area contributed by atoms with E-state index in [2.05, 4.69) is 11.1 Å². The van der Waals surface area contributed by atoms with Crippen LogP contribution in [0.25, 0.3) is 5.57 Å². The lowest BCUT2D eigenvalue weighted by atomic mass is 9.86. The molecular weight excluding hydrogens is 270 g/mol. The van der Waals surface area contributed by atoms with Gasteiger partial charge in [0.05, 0.1) is 5.69 Å². The summed E-state index contributed by atoms with van der Waals surface area (Å²) in [5, 5.41) is 10.9. The summed E-state index contributed by atoms with van der Waals surface area (Å²) in [6.07, 6.45) is 8.14. The molecule has 114 valence electrons. The average Bonchev–Trinajstić information content (AvgIpc) is 2.56. The van der Waals surface area contributed by atoms with Crippen LogP contribution in [0.15, 0.2) is 60.3 Å². The van der Waals surface area contributed by atoms with Crippen LogP contribution in [-0.2, 0) is 0 Å². The summed E-state index contributed by atoms with van der Waals surface area (Å²) >= 11 is 0. The summed E-state index contributed by atoms with van der Waals surface area (Å²) in [6, 6.07) is 16.0. The summed E-state index contributed by atoms with van der Waals surface area (Å²) in [6.45, 7) is 0. The highest BCUT2D eigenvalue weighted by atomic mass is 16.3. The van der Waals surface area contributed by atoms with Crippen LogP contribution in [0, 0.1) is 0 Å². The number of pyridine rings is 1. The van der Waals surface area contributed by atoms with E-state index in [1.807, 2.05) is 48.7 Å². The summed E-state index contributed by atoms with van der Waals surface area (Å²) in [4.78, 5) is 4.53. The van der Waals surface area contributed by atoms with E-state index in [0.717, 1.165) is 36.1 Å². The lowest BCUT2D eigenvalue weighted by Gasteiger charge is -2.23. The van der Waals surface area contributed by atoms with Gasteiger partial charge < -0.3 is 5.11 Å². The van der Waals surface area contributed by atoms with Crippen molar-refractivity contribution >= 4 is 5.57 Å². The molecule has 3 rings (SSSR count). The molecule has 1 aliphatic carbocycles. The highest BCUT2D eigenvalue weighted by molar-refractivity contribution is 5.67. The second-order valence-corrected chi connectivity index (χ2v) is 5.95. The minimum absolute atomic E-state index is 0.517. The molecular formula is C20H23NO. The fourth-order valence-corrected chi connectivity index (χ4v) is 3.25. The first-order chi connectivity index (χ1) is 10.9. The number of benzene rings is 1. The van der Waals surface area contributed by atoms with Crippen LogP contribution in [0.2, 0.25) is 0 Å². The molecule has 0 aliphatic heterocycles. The molecule has 1 atom stereocenters. The van der Waals surface area contributed by atoms with E-state index in [-0.39, 0.29) is 0 Å². The van der Waals surface area contributed by atoms with Gasteiger partial charge in [0.25, 0.3) is 0 Å². The first-order valence-corrected chi connectivity index (χ1v) is 8.22. The molecule has 1 aliphatic rings. The zero-order valence-corrected chi connectivity index (χ0v) is 12.9. The largest absolute Gasteiger partial charge is 0.384 e. The van der Waals surface area contributed by atoms with Gasteiger partial charge in [-0.15, -0.1) is 0 Å². The van der Waals surface area contributed by atoms with Crippen molar-refractivity contribution in [1.82, 2.24) is 4.98 Å². The average molecular weight is 293 g/mol. The van der Waals surface area contributed by atoms with E-state index < -0.39 is 6.10 Å². The van der Waals surface area contributed by atoms with Gasteiger partial charge in [0.2, 0.25) is 0 Å². The van der Waals surface area contributed by atoms with E-state index in [1.54, 1.807) is 0 Å². The topological polar surface area (TPSA) is 33.1 Å². The Morgan fingerprint density at radius 1 is 0.818 bits per heavy atom. The lowest BCUT2D eigenvalue weighted by molar-refractivity contribution is 0.210. The van der Waals surface area contributed by atoms with Crippen LogP contribution in [-0.4, -0.2) is 10.1 Å². The number of allylic oxidation sites excluding steroid dienone is 1. The Bertz CT molecular complexity index is 619. The van der Waals surface area contributed by atoms with Gasteiger partial charge in [0.1, 0.15) is 6.10 Å². The molecule has 0 saturated carbocycles. The number of aromatic nitrogens is 1. The summed E-state index contributed by atoms with van der Waals surface area (Å²) < 4.78 is 0. The third-order valence-electron chi connectivity index (χ3n) is 4.43. The first kappa shape index (κ1) is 15.0. The molecule has 0 saturated heterocycles. The number of aliphatic hydroxyl groups excluding tert-OH is 1. The van der Waals surface area contributed by atoms with Gasteiger partial charge in [-0.1, -0.05) is 49.2 Å². The molecule has 0 bridgehead atoms. The maximum absolute atomic E-state index is 10.9. The van der Waals surface area contributed by atoms with E-state index in [9.17, 15) is 5.11 Å². The maximum Gasteiger partial charge on any atom is 0.101 e. The van der Waals surface area contributed by atoms with Crippen LogP contribution in [0.5, 0.6) is 0 Å². The molecule has 2 heteroatoms. The van der Waals surface area contributed by atoms with Crippen molar-refractivity contribution in [2.24, 2.45) is 0 Å². The molecule has 1 unspecified atom stereocenters. The van der Waals surface area contributed by atoms with Crippen molar-refractivity contribution in [3.8, 4) is 0 Å². The molecule has 0 amide bonds. The van der Waals surface area contributed by atoms with E-state index in [4.69, 9.17) is 0 Å². The first-order valence-electron chi connectivity index (χ1n) is 8.22. The van der Waals surface area contributed by atoms with Gasteiger partial charge >= 0.3 is 0 Å². The fourth-order valence-electron chi connectivity index (χ4n) is 3.25. The second-order valence-electron chi connectivity index (χ2n) is 5.95. The molecule has 1 aromatic heterocycles. The molecule has 0 spiro atoms. The van der Waals surface area contributed by atoms with E-state index in [1.165, 1.54) is 24.8 Å². The molecule has 22 heavy (non-hydrogen) atoms. The molecule has 0 fully saturated rings. The molecule has 1 N–H and O–H groups in total. The number of aliphatic hydroxyl groups is 1. The van der Waals surface area contributed by atoms with E-state index >= 15 is 0 Å². The number of rotatable bonds is 3. The Morgan fingerprint density at radius 2 is 1.55 bits per heavy atom. The Kier molecular flexibility index (Phi) is 5.02. The van der Waals surface area contributed by atoms with Gasteiger partial charge in [-0.25, -0.2) is 0 Å². The fraction of sp³-hybridized carbons (Fsp3) is 0.350. The molecule has 2 aromatic rings. The van der Waals surface area contributed by atoms with Crippen molar-refractivity contribution in [1.29, 1.82) is 0 Å². The van der Waals surface area contributed by atoms with Gasteiger partial charge in [0.15, 0.2) is 0 Å². The van der Waals surface area contributed by atoms with Gasteiger partial charge in [-0.05, 0) is 54.5 Å². The van der Waals surface area contributed by atoms with Crippen molar-refractivity contribution in [2.45, 2.75) is 44.6 Å². The predicted molar refractivity (Wildman–Crippen MR) is 90.3 cm³/mol. The normalized spacial score (nSPS) is 21.0. The number of nitrogens with zero attached hydrogens (tertiary/aromatic N) is 1. The van der Waals surface area contributed by atoms with Gasteiger partial charge in [-0.2, -0.15) is 0 Å². The Hall–Kier alpha value is -1.93. The number of hydrogen-bond donors (Lipinski definition) is 1. The lowest BCUT2D eigenvalue weighted by Crippen LogP contribution is -2.08. The second kappa shape index (κ2) is 7.37. The van der Waals surface area contributed by atoms with Gasteiger partial charge in [-0.3, -0.25) is 4.98 Å². The monoisotopic (exact) mass is 293 g/mol. The van der Waals surface area contributed by atoms with Crippen molar-refractivity contribution < 1.29 is 5.11 Å². The Labute approximate surface area is 132 Å². The predicted octanol–water partition coefficient (Wildman–Crippen LogP) is 4.92. The maximum atomic E-state index is 10.9. The highest BCUT2D eigenvalue weighted by Crippen LogP contribution is 2.36. The molecule has 2 nitrogen and oxygen atoms in total. The molecule has 1 heterocycles. The van der Waals surface area contributed by atoms with Crippen molar-refractivity contribution in [3.63, 3.8) is 0 Å². The molecule has 1 aromatic carbocycles. The minimum Gasteiger partial charge on any atom is -0.384 e. The standard InChI is InChI=1S/C20H23NO/c22-20(16-10-4-3-5-11-16)18-13-7-2-1-6-12-17(18)19-14-8-9-15-21-19/h3-5,8-11,14-15,20,22H,1-2,6-7,12-13H2/b18-17-. The summed E-state index contributed by atoms with van der Waals surface area (Å²) in [5.74, 6) is 0. The Balaban J connectivity index is 2.03. The zero-order chi connectivity index (χ0) is 15.2. The van der Waals surface area contributed by atoms with Crippen LogP contribution in [0.3, 0.4) is 0 Å². The SMILES string of the molecule is OC(/C1=C(\c2ccccn2)CCCCCC1)c1ccccc1. The van der Waals surface area contributed by atoms with E-state index in [0.29, 0.717) is 0 Å². The minimum atomic E-state index is -0.517. The highest BCUT2D eigenvalue weighted by Gasteiger charge is 2.20. The van der Waals surface area contributed by atoms with Crippen LogP contribution < -0.4 is 0 Å². The van der Waals surface area contributed by atoms with Crippen molar-refractivity contribution in [2.75, 3.05) is 0 Å². The van der Waals surface area contributed by atoms with Crippen LogP contribution >= 0.6 is 0 Å². The quantitative estimate of drug-likeness (QED) is 0.871. The van der Waals surface area contributed by atoms with Crippen molar-refractivity contribution in [3.05, 3.63) is 71.6 Å². The Morgan fingerprint density at radius 3 is 2.27 bits per heavy atom. The number of hydrogen-bond acceptors (Lipinski definition) is 2. The molecule has 0 radical (unpaired) electrons. The van der Waals surface area contributed by atoms with Crippen LogP contribution in [0.1, 0.15) is 55.9 Å². The zero-order valence-electron chi connectivity index (χ0n) is 12.9. The smallest absolute Gasteiger partial charge is 0.101 e. The van der Waals surface area contributed by atoms with Crippen LogP contribution in [0.4, 0.5) is 0 Å². The third kappa shape index (κ3) is 3.45. The summed E-state index contributed by atoms with van der Waals surface area (Å²) in [7, 11) is 0.